The molecular weight excluding hydrogens is 278 g/mol. The summed E-state index contributed by atoms with van der Waals surface area (Å²) in [4.78, 5) is 25.3. The summed E-state index contributed by atoms with van der Waals surface area (Å²) in [5, 5.41) is 9.76. The summed E-state index contributed by atoms with van der Waals surface area (Å²) in [6.45, 7) is 8.28. The third kappa shape index (κ3) is 2.75. The highest BCUT2D eigenvalue weighted by Crippen LogP contribution is 2.52. The lowest BCUT2D eigenvalue weighted by atomic mass is 9.73. The Morgan fingerprint density at radius 2 is 2.05 bits per heavy atom. The van der Waals surface area contributed by atoms with Crippen LogP contribution in [0.3, 0.4) is 0 Å². The van der Waals surface area contributed by atoms with E-state index in [2.05, 4.69) is 6.92 Å². The molecule has 2 fully saturated rings. The number of nitrogens with zero attached hydrogens (tertiary/aromatic N) is 1. The third-order valence-corrected chi connectivity index (χ3v) is 5.69. The third-order valence-electron chi connectivity index (χ3n) is 4.28. The lowest BCUT2D eigenvalue weighted by molar-refractivity contribution is -0.144. The maximum Gasteiger partial charge on any atom is 0.410 e. The van der Waals surface area contributed by atoms with Crippen molar-refractivity contribution in [1.82, 2.24) is 4.90 Å². The second-order valence-electron chi connectivity index (χ2n) is 6.75. The van der Waals surface area contributed by atoms with Crippen LogP contribution in [0.15, 0.2) is 0 Å². The van der Waals surface area contributed by atoms with Crippen molar-refractivity contribution in [3.05, 3.63) is 0 Å². The second kappa shape index (κ2) is 5.13. The molecule has 1 N–H and O–H groups in total. The van der Waals surface area contributed by atoms with Crippen LogP contribution in [0.4, 0.5) is 4.79 Å². The lowest BCUT2D eigenvalue weighted by Gasteiger charge is -2.31. The molecule has 5 nitrogen and oxygen atoms in total. The van der Waals surface area contributed by atoms with Gasteiger partial charge in [0.25, 0.3) is 0 Å². The van der Waals surface area contributed by atoms with Crippen LogP contribution in [0.2, 0.25) is 0 Å². The minimum Gasteiger partial charge on any atom is -0.481 e. The number of carbonyl (C=O) groups is 2. The van der Waals surface area contributed by atoms with Gasteiger partial charge in [-0.25, -0.2) is 4.79 Å². The van der Waals surface area contributed by atoms with Crippen LogP contribution in [-0.4, -0.2) is 51.8 Å². The number of hydrogen-bond donors (Lipinski definition) is 1. The van der Waals surface area contributed by atoms with Gasteiger partial charge in [0.1, 0.15) is 5.60 Å². The molecule has 1 spiro atoms. The van der Waals surface area contributed by atoms with Gasteiger partial charge in [-0.2, -0.15) is 11.8 Å². The first-order valence-corrected chi connectivity index (χ1v) is 8.03. The summed E-state index contributed by atoms with van der Waals surface area (Å²) >= 11 is 1.80. The maximum atomic E-state index is 12.2. The number of hydrogen-bond acceptors (Lipinski definition) is 4. The summed E-state index contributed by atoms with van der Waals surface area (Å²) in [7, 11) is 0. The van der Waals surface area contributed by atoms with Gasteiger partial charge in [0.15, 0.2) is 0 Å². The van der Waals surface area contributed by atoms with Crippen LogP contribution >= 0.6 is 11.8 Å². The molecule has 2 aliphatic rings. The van der Waals surface area contributed by atoms with Gasteiger partial charge in [0.05, 0.1) is 5.92 Å². The number of thioether (sulfide) groups is 1. The van der Waals surface area contributed by atoms with Gasteiger partial charge < -0.3 is 14.7 Å². The summed E-state index contributed by atoms with van der Waals surface area (Å²) < 4.78 is 5.37. The molecule has 2 aliphatic heterocycles. The number of likely N-dealkylation sites (tertiary alicyclic amines) is 1. The van der Waals surface area contributed by atoms with Crippen LogP contribution in [0.25, 0.3) is 0 Å². The zero-order valence-electron chi connectivity index (χ0n) is 12.5. The van der Waals surface area contributed by atoms with Crippen molar-refractivity contribution in [2.45, 2.75) is 45.0 Å². The molecule has 3 atom stereocenters. The number of rotatable bonds is 1. The number of carboxylic acid groups (broad SMARTS) is 1. The van der Waals surface area contributed by atoms with E-state index in [9.17, 15) is 14.7 Å². The van der Waals surface area contributed by atoms with Crippen molar-refractivity contribution >= 4 is 23.8 Å². The first-order chi connectivity index (χ1) is 9.16. The van der Waals surface area contributed by atoms with E-state index in [-0.39, 0.29) is 17.2 Å². The zero-order valence-corrected chi connectivity index (χ0v) is 13.3. The van der Waals surface area contributed by atoms with Gasteiger partial charge in [0.2, 0.25) is 0 Å². The number of aliphatic carboxylic acids is 1. The van der Waals surface area contributed by atoms with E-state index in [1.54, 1.807) is 16.7 Å². The Morgan fingerprint density at radius 3 is 2.50 bits per heavy atom. The highest BCUT2D eigenvalue weighted by Gasteiger charge is 2.57. The fraction of sp³-hybridized carbons (Fsp3) is 0.857. The van der Waals surface area contributed by atoms with Gasteiger partial charge in [0, 0.05) is 23.8 Å². The molecule has 0 bridgehead atoms. The summed E-state index contributed by atoms with van der Waals surface area (Å²) in [6.07, 6.45) is 0.458. The summed E-state index contributed by atoms with van der Waals surface area (Å²) in [5.74, 6) is -0.321. The Hall–Kier alpha value is -0.910. The Bertz CT molecular complexity index is 420. The van der Waals surface area contributed by atoms with E-state index in [1.807, 2.05) is 20.8 Å². The van der Waals surface area contributed by atoms with Crippen LogP contribution in [0.1, 0.15) is 34.1 Å². The van der Waals surface area contributed by atoms with Gasteiger partial charge in [-0.3, -0.25) is 4.79 Å². The van der Waals surface area contributed by atoms with E-state index in [0.29, 0.717) is 6.54 Å². The molecule has 0 aromatic rings. The van der Waals surface area contributed by atoms with Crippen molar-refractivity contribution in [3.63, 3.8) is 0 Å². The number of carboxylic acids is 1. The zero-order chi connectivity index (χ0) is 15.1. The normalized spacial score (nSPS) is 33.7. The van der Waals surface area contributed by atoms with Crippen LogP contribution < -0.4 is 0 Å². The summed E-state index contributed by atoms with van der Waals surface area (Å²) in [6, 6.07) is 0. The molecule has 0 aromatic heterocycles. The number of amides is 1. The molecule has 0 aromatic carbocycles. The van der Waals surface area contributed by atoms with Gasteiger partial charge in [-0.05, 0) is 32.9 Å². The number of ether oxygens (including phenoxy) is 1. The van der Waals surface area contributed by atoms with Gasteiger partial charge in [-0.15, -0.1) is 0 Å². The highest BCUT2D eigenvalue weighted by molar-refractivity contribution is 8.00. The Kier molecular flexibility index (Phi) is 3.97. The Morgan fingerprint density at radius 1 is 1.40 bits per heavy atom. The Labute approximate surface area is 124 Å². The fourth-order valence-electron chi connectivity index (χ4n) is 3.18. The Balaban J connectivity index is 2.17. The highest BCUT2D eigenvalue weighted by atomic mass is 32.2. The van der Waals surface area contributed by atoms with E-state index >= 15 is 0 Å². The molecule has 114 valence electrons. The standard InChI is InChI=1S/C14H23NO4S/c1-9-14(5-6-20-9)8-15(7-10(14)11(16)17)12(18)19-13(2,3)4/h9-10H,5-8H2,1-4H3,(H,16,17). The first-order valence-electron chi connectivity index (χ1n) is 6.98. The van der Waals surface area contributed by atoms with Crippen LogP contribution in [-0.2, 0) is 9.53 Å². The van der Waals surface area contributed by atoms with Gasteiger partial charge >= 0.3 is 12.1 Å². The van der Waals surface area contributed by atoms with Crippen LogP contribution in [0, 0.1) is 11.3 Å². The molecule has 1 amide bonds. The SMILES string of the molecule is CC1SCCC12CN(C(=O)OC(C)(C)C)CC2C(=O)O. The first kappa shape index (κ1) is 15.5. The molecule has 0 radical (unpaired) electrons. The van der Waals surface area contributed by atoms with Crippen molar-refractivity contribution in [3.8, 4) is 0 Å². The average Bonchev–Trinajstić information content (AvgIpc) is 2.83. The quantitative estimate of drug-likeness (QED) is 0.806. The molecule has 2 heterocycles. The predicted octanol–water partition coefficient (Wildman–Crippen LogP) is 2.45. The van der Waals surface area contributed by atoms with E-state index < -0.39 is 23.6 Å². The fourth-order valence-corrected chi connectivity index (χ4v) is 4.72. The maximum absolute atomic E-state index is 12.2. The largest absolute Gasteiger partial charge is 0.481 e. The molecule has 2 saturated heterocycles. The minimum absolute atomic E-state index is 0.259. The second-order valence-corrected chi connectivity index (χ2v) is 8.20. The molecule has 20 heavy (non-hydrogen) atoms. The van der Waals surface area contributed by atoms with Crippen LogP contribution in [0.5, 0.6) is 0 Å². The smallest absolute Gasteiger partial charge is 0.410 e. The number of carbonyl (C=O) groups excluding carboxylic acids is 1. The van der Waals surface area contributed by atoms with E-state index in [0.717, 1.165) is 12.2 Å². The molecule has 3 unspecified atom stereocenters. The molecular formula is C14H23NO4S. The minimum atomic E-state index is -0.801. The molecule has 0 aliphatic carbocycles. The van der Waals surface area contributed by atoms with Crippen molar-refractivity contribution < 1.29 is 19.4 Å². The van der Waals surface area contributed by atoms with Gasteiger partial charge in [-0.1, -0.05) is 6.92 Å². The summed E-state index contributed by atoms with van der Waals surface area (Å²) in [5.41, 5.74) is -0.852. The van der Waals surface area contributed by atoms with Crippen molar-refractivity contribution in [1.29, 1.82) is 0 Å². The topological polar surface area (TPSA) is 66.8 Å². The lowest BCUT2D eigenvalue weighted by Crippen LogP contribution is -2.40. The molecule has 2 rings (SSSR count). The predicted molar refractivity (Wildman–Crippen MR) is 77.9 cm³/mol. The van der Waals surface area contributed by atoms with Crippen molar-refractivity contribution in [2.75, 3.05) is 18.8 Å². The molecule has 6 heteroatoms. The molecule has 0 saturated carbocycles. The van der Waals surface area contributed by atoms with E-state index in [1.165, 1.54) is 0 Å². The average molecular weight is 301 g/mol. The van der Waals surface area contributed by atoms with E-state index in [4.69, 9.17) is 4.74 Å². The monoisotopic (exact) mass is 301 g/mol. The van der Waals surface area contributed by atoms with Crippen molar-refractivity contribution in [2.24, 2.45) is 11.3 Å².